The van der Waals surface area contributed by atoms with Crippen molar-refractivity contribution in [2.24, 2.45) is 0 Å². The van der Waals surface area contributed by atoms with Gasteiger partial charge in [-0.05, 0) is 41.3 Å². The van der Waals surface area contributed by atoms with Gasteiger partial charge in [0.2, 0.25) is 5.91 Å². The Morgan fingerprint density at radius 3 is 2.59 bits per heavy atom. The fourth-order valence-electron chi connectivity index (χ4n) is 3.24. The molecule has 32 heavy (non-hydrogen) atoms. The van der Waals surface area contributed by atoms with Crippen LogP contribution in [0.25, 0.3) is 0 Å². The molecular formula is C23H21Cl2F2N3O2. The lowest BCUT2D eigenvalue weighted by Crippen LogP contribution is -2.22. The zero-order valence-electron chi connectivity index (χ0n) is 17.3. The summed E-state index contributed by atoms with van der Waals surface area (Å²) in [6.45, 7) is 3.28. The second-order valence-electron chi connectivity index (χ2n) is 7.46. The van der Waals surface area contributed by atoms with E-state index in [1.54, 1.807) is 32.2 Å². The van der Waals surface area contributed by atoms with Crippen molar-refractivity contribution in [1.29, 1.82) is 0 Å². The number of carbonyl (C=O) groups is 1. The van der Waals surface area contributed by atoms with Gasteiger partial charge in [-0.15, -0.1) is 0 Å². The predicted octanol–water partition coefficient (Wildman–Crippen LogP) is 6.14. The highest BCUT2D eigenvalue weighted by atomic mass is 35.5. The van der Waals surface area contributed by atoms with Gasteiger partial charge in [-0.2, -0.15) is 0 Å². The SMILES string of the molecule is CC(C)c1c(O)ccc(Cc2c(Cl)cc(NCC(=O)Nc3cccnc3)c(F)c2Cl)c1F. The minimum atomic E-state index is -0.802. The lowest BCUT2D eigenvalue weighted by molar-refractivity contribution is -0.114. The Kier molecular flexibility index (Phi) is 7.53. The highest BCUT2D eigenvalue weighted by Crippen LogP contribution is 2.37. The molecule has 3 rings (SSSR count). The number of rotatable bonds is 7. The molecule has 0 aliphatic rings. The second kappa shape index (κ2) is 10.1. The number of aromatic hydroxyl groups is 1. The van der Waals surface area contributed by atoms with Crippen LogP contribution in [0.5, 0.6) is 5.75 Å². The number of pyridine rings is 1. The number of amides is 1. The average Bonchev–Trinajstić information content (AvgIpc) is 2.74. The first kappa shape index (κ1) is 23.8. The Labute approximate surface area is 194 Å². The van der Waals surface area contributed by atoms with E-state index in [0.717, 1.165) is 0 Å². The minimum absolute atomic E-state index is 0.0564. The molecule has 5 nitrogen and oxygen atoms in total. The van der Waals surface area contributed by atoms with Crippen LogP contribution < -0.4 is 10.6 Å². The van der Waals surface area contributed by atoms with Gasteiger partial charge in [-0.3, -0.25) is 9.78 Å². The molecule has 0 saturated heterocycles. The molecule has 0 fully saturated rings. The first-order valence-electron chi connectivity index (χ1n) is 9.79. The molecule has 0 atom stereocenters. The summed E-state index contributed by atoms with van der Waals surface area (Å²) in [5, 5.41) is 15.1. The summed E-state index contributed by atoms with van der Waals surface area (Å²) < 4.78 is 29.8. The molecule has 1 aromatic heterocycles. The quantitative estimate of drug-likeness (QED) is 0.356. The number of benzene rings is 2. The maximum atomic E-state index is 14.9. The van der Waals surface area contributed by atoms with Crippen LogP contribution in [0, 0.1) is 11.6 Å². The summed E-state index contributed by atoms with van der Waals surface area (Å²) >= 11 is 12.5. The normalized spacial score (nSPS) is 11.0. The van der Waals surface area contributed by atoms with Crippen molar-refractivity contribution >= 4 is 40.5 Å². The third-order valence-corrected chi connectivity index (χ3v) is 5.55. The molecule has 1 heterocycles. The maximum Gasteiger partial charge on any atom is 0.243 e. The largest absolute Gasteiger partial charge is 0.508 e. The molecule has 2 aromatic carbocycles. The highest BCUT2D eigenvalue weighted by Gasteiger charge is 2.21. The Bertz CT molecular complexity index is 1140. The van der Waals surface area contributed by atoms with Gasteiger partial charge in [0.25, 0.3) is 0 Å². The van der Waals surface area contributed by atoms with Gasteiger partial charge in [0.1, 0.15) is 11.6 Å². The van der Waals surface area contributed by atoms with E-state index in [0.29, 0.717) is 5.69 Å². The van der Waals surface area contributed by atoms with Crippen molar-refractivity contribution in [2.75, 3.05) is 17.2 Å². The molecule has 1 amide bonds. The van der Waals surface area contributed by atoms with Gasteiger partial charge in [0, 0.05) is 23.2 Å². The first-order chi connectivity index (χ1) is 15.2. The van der Waals surface area contributed by atoms with E-state index in [-0.39, 0.29) is 57.1 Å². The van der Waals surface area contributed by atoms with Crippen molar-refractivity contribution in [3.05, 3.63) is 81.1 Å². The topological polar surface area (TPSA) is 74.2 Å². The molecule has 0 saturated carbocycles. The van der Waals surface area contributed by atoms with Crippen molar-refractivity contribution in [3.8, 4) is 5.75 Å². The van der Waals surface area contributed by atoms with Gasteiger partial charge in [-0.25, -0.2) is 8.78 Å². The molecule has 0 radical (unpaired) electrons. The van der Waals surface area contributed by atoms with Crippen LogP contribution in [0.3, 0.4) is 0 Å². The Morgan fingerprint density at radius 1 is 1.19 bits per heavy atom. The summed E-state index contributed by atoms with van der Waals surface area (Å²) in [4.78, 5) is 16.0. The van der Waals surface area contributed by atoms with E-state index in [4.69, 9.17) is 23.2 Å². The first-order valence-corrected chi connectivity index (χ1v) is 10.5. The number of nitrogens with zero attached hydrogens (tertiary/aromatic N) is 1. The number of halogens is 4. The van der Waals surface area contributed by atoms with Crippen LogP contribution in [0.2, 0.25) is 10.0 Å². The third-order valence-electron chi connectivity index (χ3n) is 4.82. The van der Waals surface area contributed by atoms with Gasteiger partial charge < -0.3 is 15.7 Å². The molecule has 0 aliphatic heterocycles. The van der Waals surface area contributed by atoms with Crippen LogP contribution in [0.1, 0.15) is 36.5 Å². The monoisotopic (exact) mass is 479 g/mol. The number of hydrogen-bond acceptors (Lipinski definition) is 4. The van der Waals surface area contributed by atoms with Crippen LogP contribution >= 0.6 is 23.2 Å². The summed E-state index contributed by atoms with van der Waals surface area (Å²) in [6.07, 6.45) is 2.98. The molecule has 3 aromatic rings. The van der Waals surface area contributed by atoms with Crippen LogP contribution in [0.15, 0.2) is 42.7 Å². The van der Waals surface area contributed by atoms with E-state index in [9.17, 15) is 18.7 Å². The molecule has 0 spiro atoms. The van der Waals surface area contributed by atoms with E-state index < -0.39 is 17.5 Å². The Morgan fingerprint density at radius 2 is 1.94 bits per heavy atom. The van der Waals surface area contributed by atoms with E-state index >= 15 is 0 Å². The lowest BCUT2D eigenvalue weighted by Gasteiger charge is -2.16. The van der Waals surface area contributed by atoms with Crippen LogP contribution in [-0.2, 0) is 11.2 Å². The highest BCUT2D eigenvalue weighted by molar-refractivity contribution is 6.36. The summed E-state index contributed by atoms with van der Waals surface area (Å²) in [5.74, 6) is -2.19. The third kappa shape index (κ3) is 5.29. The van der Waals surface area contributed by atoms with Gasteiger partial charge in [-0.1, -0.05) is 43.1 Å². The molecular weight excluding hydrogens is 459 g/mol. The zero-order chi connectivity index (χ0) is 23.4. The van der Waals surface area contributed by atoms with Crippen molar-refractivity contribution < 1.29 is 18.7 Å². The Hall–Kier alpha value is -2.90. The molecule has 0 aliphatic carbocycles. The Balaban J connectivity index is 1.79. The lowest BCUT2D eigenvalue weighted by atomic mass is 9.95. The molecule has 3 N–H and O–H groups in total. The summed E-state index contributed by atoms with van der Waals surface area (Å²) in [5.41, 5.74) is 1.05. The predicted molar refractivity (Wildman–Crippen MR) is 123 cm³/mol. The average molecular weight is 480 g/mol. The molecule has 0 unspecified atom stereocenters. The van der Waals surface area contributed by atoms with Crippen molar-refractivity contribution in [1.82, 2.24) is 4.98 Å². The van der Waals surface area contributed by atoms with Crippen LogP contribution in [0.4, 0.5) is 20.2 Å². The molecule has 168 valence electrons. The van der Waals surface area contributed by atoms with E-state index in [2.05, 4.69) is 15.6 Å². The second-order valence-corrected chi connectivity index (χ2v) is 8.24. The van der Waals surface area contributed by atoms with Gasteiger partial charge in [0.05, 0.1) is 29.1 Å². The minimum Gasteiger partial charge on any atom is -0.508 e. The van der Waals surface area contributed by atoms with Crippen LogP contribution in [-0.4, -0.2) is 22.5 Å². The number of anilines is 2. The summed E-state index contributed by atoms with van der Waals surface area (Å²) in [7, 11) is 0. The van der Waals surface area contributed by atoms with E-state index in [1.807, 2.05) is 0 Å². The zero-order valence-corrected chi connectivity index (χ0v) is 18.9. The number of aromatic nitrogens is 1. The molecule has 0 bridgehead atoms. The number of hydrogen-bond donors (Lipinski definition) is 3. The molecule has 9 heteroatoms. The van der Waals surface area contributed by atoms with Gasteiger partial charge >= 0.3 is 0 Å². The van der Waals surface area contributed by atoms with E-state index in [1.165, 1.54) is 24.4 Å². The maximum absolute atomic E-state index is 14.9. The summed E-state index contributed by atoms with van der Waals surface area (Å²) in [6, 6.07) is 7.44. The van der Waals surface area contributed by atoms with Gasteiger partial charge in [0.15, 0.2) is 5.82 Å². The van der Waals surface area contributed by atoms with Crippen molar-refractivity contribution in [2.45, 2.75) is 26.2 Å². The standard InChI is InChI=1S/C23H21Cl2F2N3O2/c1-12(2)20-18(31)6-5-13(22(20)26)8-15-16(24)9-17(23(27)21(15)25)29-11-19(32)30-14-4-3-7-28-10-14/h3-7,9-10,12,29,31H,8,11H2,1-2H3,(H,30,32). The number of nitrogens with one attached hydrogen (secondary N) is 2. The fraction of sp³-hybridized carbons (Fsp3) is 0.217. The number of phenolic OH excluding ortho intramolecular Hbond substituents is 1. The fourth-order valence-corrected chi connectivity index (χ4v) is 3.83. The smallest absolute Gasteiger partial charge is 0.243 e. The van der Waals surface area contributed by atoms with Crippen molar-refractivity contribution in [3.63, 3.8) is 0 Å². The number of carbonyl (C=O) groups excluding carboxylic acids is 1. The number of phenols is 1.